The predicted octanol–water partition coefficient (Wildman–Crippen LogP) is 2.88. The molecule has 0 amide bonds. The fraction of sp³-hybridized carbons (Fsp3) is 1.00. The van der Waals surface area contributed by atoms with Crippen LogP contribution in [0.1, 0.15) is 58.3 Å². The Morgan fingerprint density at radius 1 is 0.857 bits per heavy atom. The molecule has 4 nitrogen and oxygen atoms in total. The first-order valence-corrected chi connectivity index (χ1v) is 5.56. The molecule has 0 aliphatic rings. The third-order valence-corrected chi connectivity index (χ3v) is 2.17. The van der Waals surface area contributed by atoms with Gasteiger partial charge in [0.15, 0.2) is 0 Å². The van der Waals surface area contributed by atoms with Crippen molar-refractivity contribution in [3.63, 3.8) is 0 Å². The van der Waals surface area contributed by atoms with Gasteiger partial charge in [0.1, 0.15) is 0 Å². The number of unbranched alkanes of at least 4 members (excludes halogenated alkanes) is 7. The van der Waals surface area contributed by atoms with E-state index >= 15 is 0 Å². The topological polar surface area (TPSA) is 53.7 Å². The average Bonchev–Trinajstić information content (AvgIpc) is 2.21. The van der Waals surface area contributed by atoms with Crippen LogP contribution >= 0.6 is 0 Å². The lowest BCUT2D eigenvalue weighted by atomic mass is 10.1. The van der Waals surface area contributed by atoms with Gasteiger partial charge in [-0.25, -0.2) is 4.89 Å². The van der Waals surface area contributed by atoms with Crippen molar-refractivity contribution in [3.8, 4) is 0 Å². The molecule has 0 atom stereocenters. The smallest absolute Gasteiger partial charge is 0.0854 e. The van der Waals surface area contributed by atoms with Crippen LogP contribution in [0.15, 0.2) is 0 Å². The maximum absolute atomic E-state index is 4.59. The van der Waals surface area contributed by atoms with E-state index in [0.29, 0.717) is 6.61 Å². The number of rotatable bonds is 11. The van der Waals surface area contributed by atoms with Crippen LogP contribution in [0.3, 0.4) is 0 Å². The van der Waals surface area contributed by atoms with Crippen molar-refractivity contribution in [1.82, 2.24) is 0 Å². The minimum atomic E-state index is 0.548. The Morgan fingerprint density at radius 2 is 1.43 bits per heavy atom. The third-order valence-electron chi connectivity index (χ3n) is 2.17. The molecule has 0 rings (SSSR count). The summed E-state index contributed by atoms with van der Waals surface area (Å²) in [6.45, 7) is 2.78. The van der Waals surface area contributed by atoms with Gasteiger partial charge in [0.05, 0.1) is 6.61 Å². The number of nitrogens with two attached hydrogens (primary N) is 1. The Labute approximate surface area is 86.5 Å². The van der Waals surface area contributed by atoms with E-state index in [-0.39, 0.29) is 0 Å². The van der Waals surface area contributed by atoms with Gasteiger partial charge in [-0.2, -0.15) is 5.90 Å². The number of hydrogen-bond acceptors (Lipinski definition) is 4. The molecule has 4 heteroatoms. The highest BCUT2D eigenvalue weighted by molar-refractivity contribution is 4.44. The Balaban J connectivity index is 2.78. The monoisotopic (exact) mass is 205 g/mol. The molecule has 0 aromatic rings. The van der Waals surface area contributed by atoms with Gasteiger partial charge in [-0.15, -0.1) is 4.99 Å². The zero-order valence-electron chi connectivity index (χ0n) is 9.17. The van der Waals surface area contributed by atoms with E-state index in [0.717, 1.165) is 6.42 Å². The van der Waals surface area contributed by atoms with Gasteiger partial charge < -0.3 is 0 Å². The van der Waals surface area contributed by atoms with Crippen molar-refractivity contribution < 1.29 is 14.9 Å². The van der Waals surface area contributed by atoms with Crippen LogP contribution in [0.25, 0.3) is 0 Å². The standard InChI is InChI=1S/C10H23NO3/c1-2-3-4-5-6-7-8-9-10-12-14-13-11/h2-11H2,1H3. The van der Waals surface area contributed by atoms with Gasteiger partial charge >= 0.3 is 0 Å². The lowest BCUT2D eigenvalue weighted by molar-refractivity contribution is -0.516. The lowest BCUT2D eigenvalue weighted by Crippen LogP contribution is -2.02. The zero-order chi connectivity index (χ0) is 10.5. The Hall–Kier alpha value is -0.160. The largest absolute Gasteiger partial charge is 0.205 e. The van der Waals surface area contributed by atoms with E-state index in [1.165, 1.54) is 44.9 Å². The van der Waals surface area contributed by atoms with Crippen LogP contribution in [0.4, 0.5) is 0 Å². The Kier molecular flexibility index (Phi) is 12.7. The minimum absolute atomic E-state index is 0.548. The Bertz CT molecular complexity index is 89.4. The fourth-order valence-electron chi connectivity index (χ4n) is 1.36. The van der Waals surface area contributed by atoms with Crippen LogP contribution in [0, 0.1) is 0 Å². The molecule has 0 saturated heterocycles. The van der Waals surface area contributed by atoms with Crippen molar-refractivity contribution in [1.29, 1.82) is 0 Å². The minimum Gasteiger partial charge on any atom is -0.205 e. The third kappa shape index (κ3) is 11.8. The molecule has 0 heterocycles. The summed E-state index contributed by atoms with van der Waals surface area (Å²) in [6.07, 6.45) is 10.2. The molecular weight excluding hydrogens is 182 g/mol. The SMILES string of the molecule is CCCCCCCCCCOOON. The van der Waals surface area contributed by atoms with E-state index in [4.69, 9.17) is 0 Å². The van der Waals surface area contributed by atoms with Crippen molar-refractivity contribution >= 4 is 0 Å². The Morgan fingerprint density at radius 3 is 2.00 bits per heavy atom. The van der Waals surface area contributed by atoms with Gasteiger partial charge in [0.2, 0.25) is 0 Å². The second-order valence-corrected chi connectivity index (χ2v) is 3.46. The molecule has 0 bridgehead atoms. The highest BCUT2D eigenvalue weighted by atomic mass is 17.5. The number of hydrogen-bond donors (Lipinski definition) is 1. The van der Waals surface area contributed by atoms with Gasteiger partial charge in [-0.1, -0.05) is 51.9 Å². The molecular formula is C10H23NO3. The first-order chi connectivity index (χ1) is 6.91. The second-order valence-electron chi connectivity index (χ2n) is 3.46. The summed E-state index contributed by atoms with van der Waals surface area (Å²) in [6, 6.07) is 0. The van der Waals surface area contributed by atoms with E-state index in [1.807, 2.05) is 0 Å². The van der Waals surface area contributed by atoms with Crippen molar-refractivity contribution in [2.24, 2.45) is 5.90 Å². The van der Waals surface area contributed by atoms with E-state index < -0.39 is 0 Å². The highest BCUT2D eigenvalue weighted by Gasteiger charge is 1.92. The van der Waals surface area contributed by atoms with Crippen LogP contribution in [0.5, 0.6) is 0 Å². The summed E-state index contributed by atoms with van der Waals surface area (Å²) in [5.74, 6) is 4.59. The molecule has 0 radical (unpaired) electrons. The fourth-order valence-corrected chi connectivity index (χ4v) is 1.36. The average molecular weight is 205 g/mol. The summed E-state index contributed by atoms with van der Waals surface area (Å²) in [7, 11) is 0. The summed E-state index contributed by atoms with van der Waals surface area (Å²) in [4.78, 5) is 8.37. The molecule has 0 spiro atoms. The van der Waals surface area contributed by atoms with Crippen LogP contribution < -0.4 is 5.90 Å². The molecule has 0 saturated carbocycles. The highest BCUT2D eigenvalue weighted by Crippen LogP contribution is 2.08. The van der Waals surface area contributed by atoms with Crippen LogP contribution in [-0.4, -0.2) is 6.61 Å². The molecule has 0 unspecified atom stereocenters. The van der Waals surface area contributed by atoms with E-state index in [1.54, 1.807) is 0 Å². The van der Waals surface area contributed by atoms with Crippen LogP contribution in [-0.2, 0) is 14.9 Å². The van der Waals surface area contributed by atoms with Crippen molar-refractivity contribution in [2.45, 2.75) is 58.3 Å². The maximum atomic E-state index is 4.59. The molecule has 0 aromatic carbocycles. The zero-order valence-corrected chi connectivity index (χ0v) is 9.17. The quantitative estimate of drug-likeness (QED) is 0.320. The molecule has 2 N–H and O–H groups in total. The second kappa shape index (κ2) is 12.8. The van der Waals surface area contributed by atoms with Gasteiger partial charge in [-0.05, 0) is 11.5 Å². The summed E-state index contributed by atoms with van der Waals surface area (Å²) in [5.41, 5.74) is 0. The molecule has 86 valence electrons. The summed E-state index contributed by atoms with van der Waals surface area (Å²) < 4.78 is 0. The molecule has 0 aliphatic carbocycles. The van der Waals surface area contributed by atoms with E-state index in [9.17, 15) is 0 Å². The van der Waals surface area contributed by atoms with Crippen molar-refractivity contribution in [2.75, 3.05) is 6.61 Å². The van der Waals surface area contributed by atoms with Gasteiger partial charge in [0, 0.05) is 0 Å². The summed E-state index contributed by atoms with van der Waals surface area (Å²) >= 11 is 0. The first-order valence-electron chi connectivity index (χ1n) is 5.56. The normalized spacial score (nSPS) is 10.7. The van der Waals surface area contributed by atoms with Gasteiger partial charge in [-0.3, -0.25) is 0 Å². The molecule has 0 fully saturated rings. The first kappa shape index (κ1) is 13.8. The maximum Gasteiger partial charge on any atom is 0.0854 e. The summed E-state index contributed by atoms with van der Waals surface area (Å²) in [5, 5.41) is 4.07. The lowest BCUT2D eigenvalue weighted by Gasteiger charge is -2.01. The van der Waals surface area contributed by atoms with Gasteiger partial charge in [0.25, 0.3) is 0 Å². The van der Waals surface area contributed by atoms with Crippen molar-refractivity contribution in [3.05, 3.63) is 0 Å². The van der Waals surface area contributed by atoms with E-state index in [2.05, 4.69) is 27.7 Å². The molecule has 14 heavy (non-hydrogen) atoms. The molecule has 0 aromatic heterocycles. The predicted molar refractivity (Wildman–Crippen MR) is 54.9 cm³/mol. The van der Waals surface area contributed by atoms with Crippen LogP contribution in [0.2, 0.25) is 0 Å². The molecule has 0 aliphatic heterocycles.